The molecule has 0 aromatic heterocycles. The third-order valence-electron chi connectivity index (χ3n) is 3.07. The molecule has 0 aliphatic heterocycles. The lowest BCUT2D eigenvalue weighted by atomic mass is 9.77. The van der Waals surface area contributed by atoms with Gasteiger partial charge < -0.3 is 0 Å². The Bertz CT molecular complexity index is 115. The number of hydrogen-bond donors (Lipinski definition) is 0. The predicted octanol–water partition coefficient (Wildman–Crippen LogP) is 3.47. The number of rotatable bonds is 1. The maximum Gasteiger partial charge on any atom is -0.0178 e. The van der Waals surface area contributed by atoms with Crippen molar-refractivity contribution < 1.29 is 0 Å². The Morgan fingerprint density at radius 2 is 1.55 bits per heavy atom. The average molecular weight is 172 g/mol. The predicted molar refractivity (Wildman–Crippen MR) is 54.9 cm³/mol. The van der Waals surface area contributed by atoms with Crippen LogP contribution in [0.15, 0.2) is 0 Å². The van der Waals surface area contributed by atoms with Gasteiger partial charge in [-0.15, -0.1) is 9.24 Å². The summed E-state index contributed by atoms with van der Waals surface area (Å²) in [6.07, 6.45) is 5.78. The molecule has 1 atom stereocenters. The van der Waals surface area contributed by atoms with Gasteiger partial charge in [-0.25, -0.2) is 0 Å². The van der Waals surface area contributed by atoms with Gasteiger partial charge in [-0.05, 0) is 29.8 Å². The molecule has 11 heavy (non-hydrogen) atoms. The van der Waals surface area contributed by atoms with Gasteiger partial charge in [0.1, 0.15) is 0 Å². The van der Waals surface area contributed by atoms with E-state index in [9.17, 15) is 0 Å². The van der Waals surface area contributed by atoms with E-state index in [0.717, 1.165) is 11.8 Å². The first-order valence-electron chi connectivity index (χ1n) is 4.79. The van der Waals surface area contributed by atoms with E-state index in [2.05, 4.69) is 30.0 Å². The Hall–Kier alpha value is 0.430. The molecule has 0 radical (unpaired) electrons. The summed E-state index contributed by atoms with van der Waals surface area (Å²) < 4.78 is 0. The summed E-state index contributed by atoms with van der Waals surface area (Å²) in [5, 5.41) is 0.472. The van der Waals surface area contributed by atoms with Crippen molar-refractivity contribution in [2.24, 2.45) is 11.8 Å². The van der Waals surface area contributed by atoms with Crippen molar-refractivity contribution in [2.45, 2.75) is 51.6 Å². The van der Waals surface area contributed by atoms with E-state index >= 15 is 0 Å². The third-order valence-corrected chi connectivity index (χ3v) is 3.54. The second-order valence-electron chi connectivity index (χ2n) is 4.78. The number of hydrogen-bond acceptors (Lipinski definition) is 0. The molecular weight excluding hydrogens is 151 g/mol. The van der Waals surface area contributed by atoms with Crippen LogP contribution in [0.2, 0.25) is 0 Å². The van der Waals surface area contributed by atoms with Crippen molar-refractivity contribution in [3.05, 3.63) is 0 Å². The van der Waals surface area contributed by atoms with Crippen molar-refractivity contribution in [3.63, 3.8) is 0 Å². The highest BCUT2D eigenvalue weighted by Gasteiger charge is 2.28. The lowest BCUT2D eigenvalue weighted by Crippen LogP contribution is -2.27. The molecule has 1 heteroatoms. The second-order valence-corrected chi connectivity index (χ2v) is 6.27. The molecule has 0 heterocycles. The molecule has 1 aliphatic rings. The van der Waals surface area contributed by atoms with E-state index in [1.165, 1.54) is 25.7 Å². The van der Waals surface area contributed by atoms with Gasteiger partial charge in [0, 0.05) is 0 Å². The zero-order valence-corrected chi connectivity index (χ0v) is 9.22. The van der Waals surface area contributed by atoms with Gasteiger partial charge >= 0.3 is 0 Å². The normalized spacial score (nSPS) is 33.8. The molecule has 1 fully saturated rings. The molecule has 1 unspecified atom stereocenters. The fraction of sp³-hybridized carbons (Fsp3) is 1.00. The van der Waals surface area contributed by atoms with Crippen LogP contribution in [0.5, 0.6) is 0 Å². The molecule has 66 valence electrons. The van der Waals surface area contributed by atoms with Crippen molar-refractivity contribution >= 4 is 9.24 Å². The summed E-state index contributed by atoms with van der Waals surface area (Å²) in [4.78, 5) is 0. The van der Waals surface area contributed by atoms with Crippen LogP contribution < -0.4 is 0 Å². The van der Waals surface area contributed by atoms with Crippen LogP contribution in [-0.2, 0) is 0 Å². The van der Waals surface area contributed by atoms with E-state index in [1.807, 2.05) is 0 Å². The fourth-order valence-electron chi connectivity index (χ4n) is 2.00. The average Bonchev–Trinajstić information content (AvgIpc) is 1.86. The molecule has 1 saturated carbocycles. The van der Waals surface area contributed by atoms with Crippen LogP contribution in [0.4, 0.5) is 0 Å². The van der Waals surface area contributed by atoms with Crippen LogP contribution in [0, 0.1) is 11.8 Å². The fourth-order valence-corrected chi connectivity index (χ4v) is 2.34. The third kappa shape index (κ3) is 2.75. The van der Waals surface area contributed by atoms with Crippen LogP contribution in [-0.4, -0.2) is 5.16 Å². The smallest absolute Gasteiger partial charge is 0.0178 e. The zero-order valence-electron chi connectivity index (χ0n) is 8.06. The minimum atomic E-state index is 0.472. The van der Waals surface area contributed by atoms with Crippen LogP contribution in [0.25, 0.3) is 0 Å². The van der Waals surface area contributed by atoms with E-state index in [1.54, 1.807) is 0 Å². The van der Waals surface area contributed by atoms with E-state index < -0.39 is 0 Å². The first-order valence-corrected chi connectivity index (χ1v) is 5.37. The Kier molecular flexibility index (Phi) is 2.97. The minimum Gasteiger partial charge on any atom is -0.131 e. The van der Waals surface area contributed by atoms with Crippen molar-refractivity contribution in [1.29, 1.82) is 0 Å². The summed E-state index contributed by atoms with van der Waals surface area (Å²) in [7, 11) is 2.99. The molecule has 0 aromatic rings. The second kappa shape index (κ2) is 3.44. The molecule has 0 spiro atoms. The van der Waals surface area contributed by atoms with Gasteiger partial charge in [-0.3, -0.25) is 0 Å². The highest BCUT2D eigenvalue weighted by atomic mass is 31.0. The summed E-state index contributed by atoms with van der Waals surface area (Å²) in [6.45, 7) is 7.07. The highest BCUT2D eigenvalue weighted by molar-refractivity contribution is 7.18. The standard InChI is InChI=1S/C10H21P/c1-8-4-6-9(7-5-8)10(2,3)11/h8-9H,4-7,11H2,1-3H3. The van der Waals surface area contributed by atoms with Gasteiger partial charge in [0.2, 0.25) is 0 Å². The largest absolute Gasteiger partial charge is 0.131 e. The van der Waals surface area contributed by atoms with Gasteiger partial charge in [-0.1, -0.05) is 33.6 Å². The Morgan fingerprint density at radius 3 is 1.91 bits per heavy atom. The molecule has 0 aromatic carbocycles. The molecule has 0 bridgehead atoms. The molecule has 1 rings (SSSR count). The molecule has 0 nitrogen and oxygen atoms in total. The molecule has 1 aliphatic carbocycles. The highest BCUT2D eigenvalue weighted by Crippen LogP contribution is 2.39. The lowest BCUT2D eigenvalue weighted by molar-refractivity contribution is 0.252. The van der Waals surface area contributed by atoms with Crippen molar-refractivity contribution in [3.8, 4) is 0 Å². The quantitative estimate of drug-likeness (QED) is 0.531. The maximum absolute atomic E-state index is 2.99. The lowest BCUT2D eigenvalue weighted by Gasteiger charge is -2.35. The Morgan fingerprint density at radius 1 is 1.09 bits per heavy atom. The van der Waals surface area contributed by atoms with Gasteiger partial charge in [0.15, 0.2) is 0 Å². The van der Waals surface area contributed by atoms with E-state index in [0.29, 0.717) is 5.16 Å². The van der Waals surface area contributed by atoms with E-state index in [4.69, 9.17) is 0 Å². The van der Waals surface area contributed by atoms with Crippen LogP contribution in [0.1, 0.15) is 46.5 Å². The first kappa shape index (κ1) is 9.52. The minimum absolute atomic E-state index is 0.472. The SMILES string of the molecule is CC1CCC(C(C)(C)P)CC1. The van der Waals surface area contributed by atoms with Crippen molar-refractivity contribution in [2.75, 3.05) is 0 Å². The van der Waals surface area contributed by atoms with Gasteiger partial charge in [0.25, 0.3) is 0 Å². The van der Waals surface area contributed by atoms with Crippen LogP contribution >= 0.6 is 9.24 Å². The monoisotopic (exact) mass is 172 g/mol. The Balaban J connectivity index is 2.39. The molecule has 0 amide bonds. The van der Waals surface area contributed by atoms with Gasteiger partial charge in [0.05, 0.1) is 0 Å². The van der Waals surface area contributed by atoms with Crippen LogP contribution in [0.3, 0.4) is 0 Å². The first-order chi connectivity index (χ1) is 5.00. The summed E-state index contributed by atoms with van der Waals surface area (Å²) in [5.41, 5.74) is 0. The summed E-state index contributed by atoms with van der Waals surface area (Å²) in [6, 6.07) is 0. The zero-order chi connectivity index (χ0) is 8.48. The van der Waals surface area contributed by atoms with Gasteiger partial charge in [-0.2, -0.15) is 0 Å². The molecule has 0 N–H and O–H groups in total. The molecule has 0 saturated heterocycles. The van der Waals surface area contributed by atoms with Crippen molar-refractivity contribution in [1.82, 2.24) is 0 Å². The Labute approximate surface area is 73.3 Å². The van der Waals surface area contributed by atoms with E-state index in [-0.39, 0.29) is 0 Å². The summed E-state index contributed by atoms with van der Waals surface area (Å²) >= 11 is 0. The summed E-state index contributed by atoms with van der Waals surface area (Å²) in [5.74, 6) is 1.93. The maximum atomic E-state index is 2.99. The molecular formula is C10H21P. The topological polar surface area (TPSA) is 0 Å².